The van der Waals surface area contributed by atoms with Crippen molar-refractivity contribution in [2.75, 3.05) is 6.54 Å². The summed E-state index contributed by atoms with van der Waals surface area (Å²) in [5, 5.41) is 5.50. The summed E-state index contributed by atoms with van der Waals surface area (Å²) in [6.45, 7) is 7.95. The van der Waals surface area contributed by atoms with Gasteiger partial charge >= 0.3 is 0 Å². The Balaban J connectivity index is 0.00000232. The van der Waals surface area contributed by atoms with Gasteiger partial charge in [0.25, 0.3) is 0 Å². The molecule has 4 nitrogen and oxygen atoms in total. The lowest BCUT2D eigenvalue weighted by atomic mass is 10.0. The third-order valence-electron chi connectivity index (χ3n) is 3.01. The zero-order valence-electron chi connectivity index (χ0n) is 14.4. The number of terminal acetylenes is 1. The van der Waals surface area contributed by atoms with E-state index < -0.39 is 0 Å². The smallest absolute Gasteiger partial charge is 0.234 e. The highest BCUT2D eigenvalue weighted by Crippen LogP contribution is 2.19. The van der Waals surface area contributed by atoms with E-state index in [0.29, 0.717) is 0 Å². The molecule has 0 saturated carbocycles. The summed E-state index contributed by atoms with van der Waals surface area (Å²) in [4.78, 5) is 11.3. The summed E-state index contributed by atoms with van der Waals surface area (Å²) in [6.07, 6.45) is 10.6. The normalized spacial score (nSPS) is 11.9. The van der Waals surface area contributed by atoms with E-state index in [2.05, 4.69) is 22.7 Å². The first kappa shape index (κ1) is 20.5. The number of nitrogens with two attached hydrogens (primary N) is 1. The predicted molar refractivity (Wildman–Crippen MR) is 98.2 cm³/mol. The van der Waals surface area contributed by atoms with Gasteiger partial charge in [0.1, 0.15) is 0 Å². The second-order valence-electron chi connectivity index (χ2n) is 4.62. The summed E-state index contributed by atoms with van der Waals surface area (Å²) >= 11 is 0. The first-order valence-corrected chi connectivity index (χ1v) is 7.72. The van der Waals surface area contributed by atoms with E-state index >= 15 is 0 Å². The third-order valence-corrected chi connectivity index (χ3v) is 3.01. The first-order chi connectivity index (χ1) is 11.1. The summed E-state index contributed by atoms with van der Waals surface area (Å²) in [6, 6.07) is 10.3. The monoisotopic (exact) mass is 313 g/mol. The molecule has 0 bridgehead atoms. The zero-order chi connectivity index (χ0) is 17.7. The van der Waals surface area contributed by atoms with Crippen LogP contribution in [0, 0.1) is 12.5 Å². The highest BCUT2D eigenvalue weighted by molar-refractivity contribution is 5.78. The van der Waals surface area contributed by atoms with Gasteiger partial charge in [0.05, 0.1) is 12.6 Å². The van der Waals surface area contributed by atoms with Crippen LogP contribution in [0.2, 0.25) is 0 Å². The summed E-state index contributed by atoms with van der Waals surface area (Å²) in [5.41, 5.74) is 8.53. The van der Waals surface area contributed by atoms with Gasteiger partial charge in [-0.15, -0.1) is 0 Å². The molecule has 1 aromatic rings. The van der Waals surface area contributed by atoms with E-state index in [1.807, 2.05) is 58.0 Å². The molecule has 0 aliphatic rings. The van der Waals surface area contributed by atoms with E-state index in [0.717, 1.165) is 16.7 Å². The Morgan fingerprint density at radius 1 is 1.43 bits per heavy atom. The Morgan fingerprint density at radius 2 is 2.13 bits per heavy atom. The fourth-order valence-corrected chi connectivity index (χ4v) is 1.82. The highest BCUT2D eigenvalue weighted by atomic mass is 16.1. The van der Waals surface area contributed by atoms with Crippen molar-refractivity contribution in [2.24, 2.45) is 5.73 Å². The van der Waals surface area contributed by atoms with Crippen molar-refractivity contribution >= 4 is 11.5 Å². The number of nitrogens with one attached hydrogen (secondary N) is 2. The SMILES string of the molecule is C#CN/C=C\C=C(/C)c1cccc([C@H](C)NC(=O)CN)c1.CC. The van der Waals surface area contributed by atoms with Crippen LogP contribution < -0.4 is 16.4 Å². The van der Waals surface area contributed by atoms with E-state index in [9.17, 15) is 4.79 Å². The quantitative estimate of drug-likeness (QED) is 0.430. The van der Waals surface area contributed by atoms with Gasteiger partial charge in [-0.1, -0.05) is 44.5 Å². The topological polar surface area (TPSA) is 67.1 Å². The minimum atomic E-state index is -0.163. The van der Waals surface area contributed by atoms with Crippen LogP contribution >= 0.6 is 0 Å². The Kier molecular flexibility index (Phi) is 10.8. The molecule has 124 valence electrons. The molecular weight excluding hydrogens is 286 g/mol. The van der Waals surface area contributed by atoms with Crippen molar-refractivity contribution in [2.45, 2.75) is 33.7 Å². The van der Waals surface area contributed by atoms with Gasteiger partial charge in [-0.05, 0) is 42.7 Å². The van der Waals surface area contributed by atoms with Crippen LogP contribution in [-0.2, 0) is 4.79 Å². The lowest BCUT2D eigenvalue weighted by Gasteiger charge is -2.15. The lowest BCUT2D eigenvalue weighted by molar-refractivity contribution is -0.120. The summed E-state index contributed by atoms with van der Waals surface area (Å²) < 4.78 is 0. The lowest BCUT2D eigenvalue weighted by Crippen LogP contribution is -2.32. The number of rotatable bonds is 6. The number of hydrogen-bond acceptors (Lipinski definition) is 3. The van der Waals surface area contributed by atoms with Crippen molar-refractivity contribution in [3.63, 3.8) is 0 Å². The predicted octanol–water partition coefficient (Wildman–Crippen LogP) is 2.95. The van der Waals surface area contributed by atoms with Crippen LogP contribution in [0.1, 0.15) is 44.9 Å². The molecule has 4 N–H and O–H groups in total. The molecule has 4 heteroatoms. The number of carbonyl (C=O) groups is 1. The van der Waals surface area contributed by atoms with Crippen LogP contribution in [-0.4, -0.2) is 12.5 Å². The molecule has 0 aliphatic heterocycles. The Labute approximate surface area is 139 Å². The molecule has 0 unspecified atom stereocenters. The third kappa shape index (κ3) is 7.89. The van der Waals surface area contributed by atoms with Crippen LogP contribution in [0.4, 0.5) is 0 Å². The number of benzene rings is 1. The molecule has 0 aromatic heterocycles. The zero-order valence-corrected chi connectivity index (χ0v) is 14.4. The van der Waals surface area contributed by atoms with Crippen LogP contribution in [0.15, 0.2) is 42.6 Å². The number of hydrogen-bond donors (Lipinski definition) is 3. The molecule has 23 heavy (non-hydrogen) atoms. The van der Waals surface area contributed by atoms with Crippen molar-refractivity contribution in [1.82, 2.24) is 10.6 Å². The van der Waals surface area contributed by atoms with Crippen molar-refractivity contribution in [3.05, 3.63) is 53.7 Å². The molecule has 0 heterocycles. The molecule has 1 atom stereocenters. The highest BCUT2D eigenvalue weighted by Gasteiger charge is 2.08. The molecule has 0 saturated heterocycles. The molecule has 0 spiro atoms. The van der Waals surface area contributed by atoms with Gasteiger partial charge in [0.2, 0.25) is 5.91 Å². The second kappa shape index (κ2) is 12.1. The van der Waals surface area contributed by atoms with Crippen molar-refractivity contribution in [1.29, 1.82) is 0 Å². The molecule has 0 aliphatic carbocycles. The van der Waals surface area contributed by atoms with Gasteiger partial charge in [-0.3, -0.25) is 4.79 Å². The Bertz CT molecular complexity index is 583. The van der Waals surface area contributed by atoms with Gasteiger partial charge in [0, 0.05) is 12.2 Å². The van der Waals surface area contributed by atoms with Crippen molar-refractivity contribution in [3.8, 4) is 12.5 Å². The van der Waals surface area contributed by atoms with E-state index in [-0.39, 0.29) is 18.5 Å². The van der Waals surface area contributed by atoms with Crippen LogP contribution in [0.5, 0.6) is 0 Å². The molecular formula is C19H27N3O. The average Bonchev–Trinajstić information content (AvgIpc) is 2.60. The maximum absolute atomic E-state index is 11.3. The van der Waals surface area contributed by atoms with Gasteiger partial charge < -0.3 is 16.4 Å². The average molecular weight is 313 g/mol. The number of carbonyl (C=O) groups excluding carboxylic acids is 1. The minimum absolute atomic E-state index is 0.00403. The molecule has 1 amide bonds. The number of allylic oxidation sites excluding steroid dienone is 3. The van der Waals surface area contributed by atoms with Gasteiger partial charge in [-0.25, -0.2) is 0 Å². The first-order valence-electron chi connectivity index (χ1n) is 7.72. The standard InChI is InChI=1S/C17H21N3O.C2H6/c1-4-19-10-6-7-13(2)15-8-5-9-16(11-15)14(3)20-17(21)12-18;1-2/h1,5-11,14,19H,12,18H2,2-3H3,(H,20,21);1-2H3/b10-6-,13-7+;/t14-;/m0./s1. The van der Waals surface area contributed by atoms with Crippen molar-refractivity contribution < 1.29 is 4.79 Å². The largest absolute Gasteiger partial charge is 0.348 e. The minimum Gasteiger partial charge on any atom is -0.348 e. The van der Waals surface area contributed by atoms with E-state index in [1.165, 1.54) is 0 Å². The van der Waals surface area contributed by atoms with Gasteiger partial charge in [0.15, 0.2) is 0 Å². The maximum atomic E-state index is 11.3. The fraction of sp³-hybridized carbons (Fsp3) is 0.316. The molecule has 1 rings (SSSR count). The maximum Gasteiger partial charge on any atom is 0.234 e. The van der Waals surface area contributed by atoms with Crippen LogP contribution in [0.25, 0.3) is 5.57 Å². The molecule has 1 aromatic carbocycles. The number of amides is 1. The molecule has 0 fully saturated rings. The summed E-state index contributed by atoms with van der Waals surface area (Å²) in [5.74, 6) is -0.163. The van der Waals surface area contributed by atoms with E-state index in [4.69, 9.17) is 12.2 Å². The van der Waals surface area contributed by atoms with Crippen LogP contribution in [0.3, 0.4) is 0 Å². The fourth-order valence-electron chi connectivity index (χ4n) is 1.82. The second-order valence-corrected chi connectivity index (χ2v) is 4.62. The van der Waals surface area contributed by atoms with Gasteiger partial charge in [-0.2, -0.15) is 0 Å². The van der Waals surface area contributed by atoms with E-state index in [1.54, 1.807) is 6.20 Å². The Morgan fingerprint density at radius 3 is 2.74 bits per heavy atom. The summed E-state index contributed by atoms with van der Waals surface area (Å²) in [7, 11) is 0. The molecule has 0 radical (unpaired) electrons. The Hall–Kier alpha value is -2.51.